The number of nitrogens with zero attached hydrogens (tertiary/aromatic N) is 2. The number of hydrogen-bond acceptors (Lipinski definition) is 3. The van der Waals surface area contributed by atoms with Gasteiger partial charge in [0.25, 0.3) is 0 Å². The van der Waals surface area contributed by atoms with Crippen molar-refractivity contribution in [2.75, 3.05) is 0 Å². The number of benzene rings is 1. The largest absolute Gasteiger partial charge is 0.476 e. The molecule has 0 amide bonds. The van der Waals surface area contributed by atoms with Crippen LogP contribution in [-0.4, -0.2) is 20.6 Å². The van der Waals surface area contributed by atoms with Gasteiger partial charge in [0.2, 0.25) is 0 Å². The molecular formula is C12H12N2O3. The van der Waals surface area contributed by atoms with Gasteiger partial charge in [0, 0.05) is 13.2 Å². The fraction of sp³-hybridized carbons (Fsp3) is 0.167. The summed E-state index contributed by atoms with van der Waals surface area (Å²) in [6.07, 6.45) is 1.41. The molecule has 1 aromatic carbocycles. The zero-order valence-electron chi connectivity index (χ0n) is 9.54. The summed E-state index contributed by atoms with van der Waals surface area (Å²) in [6, 6.07) is 7.73. The highest BCUT2D eigenvalue weighted by Crippen LogP contribution is 2.20. The van der Waals surface area contributed by atoms with Crippen molar-refractivity contribution in [1.29, 1.82) is 0 Å². The second-order valence-corrected chi connectivity index (χ2v) is 3.74. The molecule has 0 saturated carbocycles. The first-order chi connectivity index (χ1) is 8.06. The van der Waals surface area contributed by atoms with Gasteiger partial charge in [-0.1, -0.05) is 12.1 Å². The highest BCUT2D eigenvalue weighted by molar-refractivity contribution is 5.85. The average molecular weight is 232 g/mol. The lowest BCUT2D eigenvalue weighted by atomic mass is 10.2. The van der Waals surface area contributed by atoms with Gasteiger partial charge in [-0.2, -0.15) is 4.98 Å². The Bertz CT molecular complexity index is 561. The summed E-state index contributed by atoms with van der Waals surface area (Å²) in [5.74, 6) is -0.435. The van der Waals surface area contributed by atoms with Crippen molar-refractivity contribution in [3.63, 3.8) is 0 Å². The van der Waals surface area contributed by atoms with Crippen LogP contribution in [0.15, 0.2) is 30.5 Å². The maximum Gasteiger partial charge on any atom is 0.356 e. The van der Waals surface area contributed by atoms with Crippen LogP contribution in [0.1, 0.15) is 16.1 Å². The van der Waals surface area contributed by atoms with E-state index in [0.29, 0.717) is 5.75 Å². The van der Waals surface area contributed by atoms with Crippen LogP contribution in [0.2, 0.25) is 0 Å². The molecule has 0 radical (unpaired) electrons. The summed E-state index contributed by atoms with van der Waals surface area (Å²) in [6.45, 7) is 1.95. The van der Waals surface area contributed by atoms with Gasteiger partial charge < -0.3 is 14.4 Å². The normalized spacial score (nSPS) is 10.2. The van der Waals surface area contributed by atoms with E-state index in [2.05, 4.69) is 4.98 Å². The number of hydrogen-bond donors (Lipinski definition) is 1. The molecule has 0 aliphatic heterocycles. The van der Waals surface area contributed by atoms with Crippen LogP contribution >= 0.6 is 0 Å². The van der Waals surface area contributed by atoms with Crippen LogP contribution in [0.25, 0.3) is 0 Å². The third kappa shape index (κ3) is 2.44. The van der Waals surface area contributed by atoms with E-state index in [1.807, 2.05) is 25.1 Å². The minimum absolute atomic E-state index is 0.0323. The molecule has 2 aromatic rings. The molecule has 0 atom stereocenters. The standard InChI is InChI=1S/C12H12N2O3/c1-8-4-3-5-9(6-8)17-12-13-10(11(15)16)7-14(12)2/h3-7H,1-2H3,(H,15,16). The maximum absolute atomic E-state index is 10.7. The number of carboxylic acids is 1. The molecule has 17 heavy (non-hydrogen) atoms. The second kappa shape index (κ2) is 4.29. The molecular weight excluding hydrogens is 220 g/mol. The molecule has 5 heteroatoms. The molecule has 2 rings (SSSR count). The first kappa shape index (κ1) is 11.2. The summed E-state index contributed by atoms with van der Waals surface area (Å²) in [4.78, 5) is 14.6. The molecule has 0 fully saturated rings. The van der Waals surface area contributed by atoms with Gasteiger partial charge in [-0.25, -0.2) is 4.79 Å². The topological polar surface area (TPSA) is 64.3 Å². The van der Waals surface area contributed by atoms with Gasteiger partial charge in [0.1, 0.15) is 5.75 Å². The average Bonchev–Trinajstić information content (AvgIpc) is 2.61. The van der Waals surface area contributed by atoms with Gasteiger partial charge in [-0.05, 0) is 24.6 Å². The Hall–Kier alpha value is -2.30. The zero-order chi connectivity index (χ0) is 12.4. The Morgan fingerprint density at radius 2 is 2.24 bits per heavy atom. The summed E-state index contributed by atoms with van der Waals surface area (Å²) >= 11 is 0. The number of carboxylic acid groups (broad SMARTS) is 1. The number of carbonyl (C=O) groups is 1. The maximum atomic E-state index is 10.7. The number of rotatable bonds is 3. The van der Waals surface area contributed by atoms with Crippen molar-refractivity contribution in [2.45, 2.75) is 6.92 Å². The lowest BCUT2D eigenvalue weighted by Gasteiger charge is -2.04. The Labute approximate surface area is 98.3 Å². The lowest BCUT2D eigenvalue weighted by Crippen LogP contribution is -1.95. The van der Waals surface area contributed by atoms with Crippen LogP contribution in [0.4, 0.5) is 0 Å². The van der Waals surface area contributed by atoms with E-state index in [9.17, 15) is 4.79 Å². The van der Waals surface area contributed by atoms with Crippen LogP contribution < -0.4 is 4.74 Å². The molecule has 0 aliphatic rings. The highest BCUT2D eigenvalue weighted by Gasteiger charge is 2.12. The van der Waals surface area contributed by atoms with Crippen LogP contribution in [0, 0.1) is 6.92 Å². The van der Waals surface area contributed by atoms with E-state index in [-0.39, 0.29) is 11.7 Å². The highest BCUT2D eigenvalue weighted by atomic mass is 16.5. The fourth-order valence-corrected chi connectivity index (χ4v) is 1.43. The van der Waals surface area contributed by atoms with Crippen molar-refractivity contribution in [2.24, 2.45) is 7.05 Å². The van der Waals surface area contributed by atoms with Crippen molar-refractivity contribution in [3.8, 4) is 11.8 Å². The molecule has 0 unspecified atom stereocenters. The molecule has 88 valence electrons. The van der Waals surface area contributed by atoms with Crippen LogP contribution in [0.3, 0.4) is 0 Å². The minimum Gasteiger partial charge on any atom is -0.476 e. The third-order valence-corrected chi connectivity index (χ3v) is 2.25. The van der Waals surface area contributed by atoms with Crippen molar-refractivity contribution >= 4 is 5.97 Å². The molecule has 1 aromatic heterocycles. The predicted octanol–water partition coefficient (Wildman–Crippen LogP) is 2.22. The van der Waals surface area contributed by atoms with Gasteiger partial charge in [-0.15, -0.1) is 0 Å². The number of imidazole rings is 1. The van der Waals surface area contributed by atoms with Gasteiger partial charge in [0.15, 0.2) is 5.69 Å². The summed E-state index contributed by atoms with van der Waals surface area (Å²) in [5, 5.41) is 8.80. The summed E-state index contributed by atoms with van der Waals surface area (Å²) in [7, 11) is 1.69. The quantitative estimate of drug-likeness (QED) is 0.881. The molecule has 0 saturated heterocycles. The number of aromatic nitrogens is 2. The summed E-state index contributed by atoms with van der Waals surface area (Å²) in [5.41, 5.74) is 1.03. The number of aromatic carboxylic acids is 1. The second-order valence-electron chi connectivity index (χ2n) is 3.74. The first-order valence-corrected chi connectivity index (χ1v) is 5.07. The summed E-state index contributed by atoms with van der Waals surface area (Å²) < 4.78 is 7.04. The van der Waals surface area contributed by atoms with Crippen molar-refractivity contribution < 1.29 is 14.6 Å². The van der Waals surface area contributed by atoms with Gasteiger partial charge >= 0.3 is 12.0 Å². The Kier molecular flexibility index (Phi) is 2.82. The molecule has 1 N–H and O–H groups in total. The third-order valence-electron chi connectivity index (χ3n) is 2.25. The fourth-order valence-electron chi connectivity index (χ4n) is 1.43. The van der Waals surface area contributed by atoms with Crippen molar-refractivity contribution in [3.05, 3.63) is 41.7 Å². The number of ether oxygens (including phenoxy) is 1. The van der Waals surface area contributed by atoms with E-state index >= 15 is 0 Å². The Morgan fingerprint density at radius 3 is 2.82 bits per heavy atom. The van der Waals surface area contributed by atoms with Crippen molar-refractivity contribution in [1.82, 2.24) is 9.55 Å². The molecule has 1 heterocycles. The lowest BCUT2D eigenvalue weighted by molar-refractivity contribution is 0.0690. The van der Waals surface area contributed by atoms with Gasteiger partial charge in [-0.3, -0.25) is 0 Å². The smallest absolute Gasteiger partial charge is 0.356 e. The monoisotopic (exact) mass is 232 g/mol. The molecule has 0 bridgehead atoms. The van der Waals surface area contributed by atoms with E-state index in [0.717, 1.165) is 5.56 Å². The predicted molar refractivity (Wildman–Crippen MR) is 61.4 cm³/mol. The molecule has 0 spiro atoms. The van der Waals surface area contributed by atoms with E-state index in [1.165, 1.54) is 10.8 Å². The first-order valence-electron chi connectivity index (χ1n) is 5.07. The van der Waals surface area contributed by atoms with Crippen LogP contribution in [-0.2, 0) is 7.05 Å². The van der Waals surface area contributed by atoms with E-state index in [1.54, 1.807) is 13.1 Å². The van der Waals surface area contributed by atoms with Gasteiger partial charge in [0.05, 0.1) is 0 Å². The SMILES string of the molecule is Cc1cccc(Oc2nc(C(=O)O)cn2C)c1. The molecule has 5 nitrogen and oxygen atoms in total. The Balaban J connectivity index is 2.27. The number of aryl methyl sites for hydroxylation is 2. The Morgan fingerprint density at radius 1 is 1.47 bits per heavy atom. The minimum atomic E-state index is -1.07. The van der Waals surface area contributed by atoms with E-state index < -0.39 is 5.97 Å². The zero-order valence-corrected chi connectivity index (χ0v) is 9.54. The molecule has 0 aliphatic carbocycles. The van der Waals surface area contributed by atoms with E-state index in [4.69, 9.17) is 9.84 Å². The van der Waals surface area contributed by atoms with Crippen LogP contribution in [0.5, 0.6) is 11.8 Å².